The van der Waals surface area contributed by atoms with E-state index in [1.807, 2.05) is 0 Å². The molecule has 0 aliphatic carbocycles. The van der Waals surface area contributed by atoms with Crippen LogP contribution < -0.4 is 0 Å². The average Bonchev–Trinajstić information content (AvgIpc) is 2.62. The fraction of sp³-hybridized carbons (Fsp3) is 0.957. The molecule has 1 amide bonds. The monoisotopic (exact) mass is 353 g/mol. The molecule has 0 aromatic carbocycles. The van der Waals surface area contributed by atoms with Crippen LogP contribution >= 0.6 is 0 Å². The van der Waals surface area contributed by atoms with Crippen LogP contribution in [0.3, 0.4) is 0 Å². The van der Waals surface area contributed by atoms with Gasteiger partial charge >= 0.3 is 0 Å². The number of hydrogen-bond donors (Lipinski definition) is 0. The summed E-state index contributed by atoms with van der Waals surface area (Å²) in [6, 6.07) is 0. The SMILES string of the molecule is CCCCCCCCC(=O)N(CCCCCCC)CCCCCCC. The van der Waals surface area contributed by atoms with E-state index in [4.69, 9.17) is 0 Å². The van der Waals surface area contributed by atoms with Crippen LogP contribution in [0.4, 0.5) is 0 Å². The van der Waals surface area contributed by atoms with Crippen LogP contribution in [-0.4, -0.2) is 23.9 Å². The first-order chi connectivity index (χ1) is 12.3. The smallest absolute Gasteiger partial charge is 0.222 e. The van der Waals surface area contributed by atoms with Gasteiger partial charge in [-0.05, 0) is 19.3 Å². The first-order valence-electron chi connectivity index (χ1n) is 11.5. The summed E-state index contributed by atoms with van der Waals surface area (Å²) in [4.78, 5) is 14.8. The van der Waals surface area contributed by atoms with E-state index in [0.29, 0.717) is 5.91 Å². The summed E-state index contributed by atoms with van der Waals surface area (Å²) in [6.07, 6.45) is 21.2. The van der Waals surface area contributed by atoms with Crippen LogP contribution in [0.25, 0.3) is 0 Å². The molecule has 2 heteroatoms. The minimum atomic E-state index is 0.418. The molecule has 0 spiro atoms. The molecule has 0 aliphatic rings. The van der Waals surface area contributed by atoms with Crippen molar-refractivity contribution in [1.82, 2.24) is 4.90 Å². The molecular formula is C23H47NO. The van der Waals surface area contributed by atoms with Gasteiger partial charge in [-0.1, -0.05) is 104 Å². The molecular weight excluding hydrogens is 306 g/mol. The molecule has 2 nitrogen and oxygen atoms in total. The van der Waals surface area contributed by atoms with Crippen molar-refractivity contribution < 1.29 is 4.79 Å². The van der Waals surface area contributed by atoms with Crippen LogP contribution in [-0.2, 0) is 4.79 Å². The van der Waals surface area contributed by atoms with E-state index < -0.39 is 0 Å². The van der Waals surface area contributed by atoms with E-state index in [-0.39, 0.29) is 0 Å². The standard InChI is InChI=1S/C23H47NO/c1-4-7-10-13-14-17-20-23(25)24(21-18-15-11-8-5-2)22-19-16-12-9-6-3/h4-22H2,1-3H3. The van der Waals surface area contributed by atoms with Crippen molar-refractivity contribution in [2.24, 2.45) is 0 Å². The first kappa shape index (κ1) is 24.5. The van der Waals surface area contributed by atoms with Crippen LogP contribution in [0.5, 0.6) is 0 Å². The van der Waals surface area contributed by atoms with Gasteiger partial charge in [0.05, 0.1) is 0 Å². The number of hydrogen-bond acceptors (Lipinski definition) is 1. The van der Waals surface area contributed by atoms with Gasteiger partial charge in [-0.15, -0.1) is 0 Å². The Morgan fingerprint density at radius 3 is 1.32 bits per heavy atom. The normalized spacial score (nSPS) is 11.0. The summed E-state index contributed by atoms with van der Waals surface area (Å²) in [5.74, 6) is 0.418. The summed E-state index contributed by atoms with van der Waals surface area (Å²) < 4.78 is 0. The van der Waals surface area contributed by atoms with Gasteiger partial charge in [0.15, 0.2) is 0 Å². The minimum absolute atomic E-state index is 0.418. The third-order valence-electron chi connectivity index (χ3n) is 5.16. The number of unbranched alkanes of at least 4 members (excludes halogenated alkanes) is 13. The summed E-state index contributed by atoms with van der Waals surface area (Å²) in [5, 5.41) is 0. The van der Waals surface area contributed by atoms with Gasteiger partial charge in [-0.2, -0.15) is 0 Å². The molecule has 0 bridgehead atoms. The zero-order valence-electron chi connectivity index (χ0n) is 17.8. The lowest BCUT2D eigenvalue weighted by molar-refractivity contribution is -0.131. The molecule has 0 aromatic rings. The Labute approximate surface area is 159 Å². The highest BCUT2D eigenvalue weighted by molar-refractivity contribution is 5.76. The molecule has 0 fully saturated rings. The van der Waals surface area contributed by atoms with Gasteiger partial charge in [-0.25, -0.2) is 0 Å². The Kier molecular flexibility index (Phi) is 19.4. The van der Waals surface area contributed by atoms with E-state index in [2.05, 4.69) is 25.7 Å². The largest absolute Gasteiger partial charge is 0.343 e. The molecule has 0 rings (SSSR count). The maximum Gasteiger partial charge on any atom is 0.222 e. The summed E-state index contributed by atoms with van der Waals surface area (Å²) in [6.45, 7) is 8.75. The van der Waals surface area contributed by atoms with Crippen molar-refractivity contribution in [3.63, 3.8) is 0 Å². The quantitative estimate of drug-likeness (QED) is 0.220. The molecule has 0 saturated carbocycles. The van der Waals surface area contributed by atoms with Crippen LogP contribution in [0.1, 0.15) is 130 Å². The lowest BCUT2D eigenvalue weighted by Gasteiger charge is -2.23. The predicted molar refractivity (Wildman–Crippen MR) is 112 cm³/mol. The van der Waals surface area contributed by atoms with E-state index in [1.54, 1.807) is 0 Å². The highest BCUT2D eigenvalue weighted by atomic mass is 16.2. The van der Waals surface area contributed by atoms with Crippen LogP contribution in [0, 0.1) is 0 Å². The maximum atomic E-state index is 12.6. The highest BCUT2D eigenvalue weighted by Crippen LogP contribution is 2.12. The molecule has 150 valence electrons. The second-order valence-electron chi connectivity index (χ2n) is 7.73. The van der Waals surface area contributed by atoms with E-state index in [0.717, 1.165) is 25.9 Å². The van der Waals surface area contributed by atoms with Gasteiger partial charge in [0.1, 0.15) is 0 Å². The third kappa shape index (κ3) is 16.7. The molecule has 0 radical (unpaired) electrons. The molecule has 0 unspecified atom stereocenters. The Morgan fingerprint density at radius 1 is 0.520 bits per heavy atom. The average molecular weight is 354 g/mol. The molecule has 0 atom stereocenters. The first-order valence-corrected chi connectivity index (χ1v) is 11.5. The Morgan fingerprint density at radius 2 is 0.880 bits per heavy atom. The summed E-state index contributed by atoms with van der Waals surface area (Å²) in [7, 11) is 0. The lowest BCUT2D eigenvalue weighted by Crippen LogP contribution is -2.32. The Hall–Kier alpha value is -0.530. The molecule has 0 heterocycles. The van der Waals surface area contributed by atoms with Crippen molar-refractivity contribution in [3.05, 3.63) is 0 Å². The molecule has 0 aliphatic heterocycles. The fourth-order valence-electron chi connectivity index (χ4n) is 3.39. The number of carbonyl (C=O) groups excluding carboxylic acids is 1. The number of amides is 1. The summed E-state index contributed by atoms with van der Waals surface area (Å²) in [5.41, 5.74) is 0. The molecule has 0 aromatic heterocycles. The van der Waals surface area contributed by atoms with Crippen LogP contribution in [0.15, 0.2) is 0 Å². The van der Waals surface area contributed by atoms with E-state index in [9.17, 15) is 4.79 Å². The molecule has 0 N–H and O–H groups in total. The third-order valence-corrected chi connectivity index (χ3v) is 5.16. The van der Waals surface area contributed by atoms with Crippen molar-refractivity contribution in [3.8, 4) is 0 Å². The van der Waals surface area contributed by atoms with Crippen molar-refractivity contribution >= 4 is 5.91 Å². The summed E-state index contributed by atoms with van der Waals surface area (Å²) >= 11 is 0. The van der Waals surface area contributed by atoms with Crippen molar-refractivity contribution in [2.75, 3.05) is 13.1 Å². The van der Waals surface area contributed by atoms with Gasteiger partial charge in [-0.3, -0.25) is 4.79 Å². The van der Waals surface area contributed by atoms with Crippen LogP contribution in [0.2, 0.25) is 0 Å². The van der Waals surface area contributed by atoms with Crippen molar-refractivity contribution in [1.29, 1.82) is 0 Å². The van der Waals surface area contributed by atoms with Crippen molar-refractivity contribution in [2.45, 2.75) is 130 Å². The van der Waals surface area contributed by atoms with E-state index in [1.165, 1.54) is 96.3 Å². The van der Waals surface area contributed by atoms with Gasteiger partial charge in [0.2, 0.25) is 5.91 Å². The van der Waals surface area contributed by atoms with Gasteiger partial charge in [0.25, 0.3) is 0 Å². The topological polar surface area (TPSA) is 20.3 Å². The van der Waals surface area contributed by atoms with Gasteiger partial charge < -0.3 is 4.90 Å². The van der Waals surface area contributed by atoms with Gasteiger partial charge in [0, 0.05) is 19.5 Å². The lowest BCUT2D eigenvalue weighted by atomic mass is 10.1. The number of rotatable bonds is 19. The fourth-order valence-corrected chi connectivity index (χ4v) is 3.39. The number of carbonyl (C=O) groups is 1. The Balaban J connectivity index is 3.99. The Bertz CT molecular complexity index is 263. The van der Waals surface area contributed by atoms with E-state index >= 15 is 0 Å². The minimum Gasteiger partial charge on any atom is -0.343 e. The second-order valence-corrected chi connectivity index (χ2v) is 7.73. The zero-order valence-corrected chi connectivity index (χ0v) is 17.8. The highest BCUT2D eigenvalue weighted by Gasteiger charge is 2.12. The second kappa shape index (κ2) is 19.8. The molecule has 0 saturated heterocycles. The zero-order chi connectivity index (χ0) is 18.6. The number of nitrogens with zero attached hydrogens (tertiary/aromatic N) is 1. The predicted octanol–water partition coefficient (Wildman–Crippen LogP) is 7.51. The molecule has 25 heavy (non-hydrogen) atoms. The maximum absolute atomic E-state index is 12.6.